The zero-order valence-electron chi connectivity index (χ0n) is 18.8. The van der Waals surface area contributed by atoms with Gasteiger partial charge in [0.25, 0.3) is 5.56 Å². The van der Waals surface area contributed by atoms with Crippen LogP contribution in [0.25, 0.3) is 27.5 Å². The number of amides is 1. The molecule has 0 aliphatic carbocycles. The van der Waals surface area contributed by atoms with Crippen molar-refractivity contribution in [3.05, 3.63) is 95.0 Å². The number of carbonyl (C=O) groups excluding carboxylic acids is 2. The number of esters is 1. The Bertz CT molecular complexity index is 1630. The molecule has 174 valence electrons. The summed E-state index contributed by atoms with van der Waals surface area (Å²) >= 11 is 0. The van der Waals surface area contributed by atoms with Gasteiger partial charge in [0.15, 0.2) is 0 Å². The molecule has 9 heteroatoms. The smallest absolute Gasteiger partial charge is 0.340 e. The van der Waals surface area contributed by atoms with E-state index >= 15 is 0 Å². The molecule has 5 aromatic rings. The number of nitrogens with zero attached hydrogens (tertiary/aromatic N) is 4. The Hall–Kier alpha value is -4.79. The highest BCUT2D eigenvalue weighted by molar-refractivity contribution is 6.01. The summed E-state index contributed by atoms with van der Waals surface area (Å²) in [7, 11) is 0. The van der Waals surface area contributed by atoms with Crippen molar-refractivity contribution in [2.45, 2.75) is 13.5 Å². The highest BCUT2D eigenvalue weighted by atomic mass is 16.5. The number of carbonyl (C=O) groups is 2. The molecular weight excluding hydrogens is 446 g/mol. The van der Waals surface area contributed by atoms with Gasteiger partial charge < -0.3 is 10.1 Å². The van der Waals surface area contributed by atoms with Crippen LogP contribution in [0.4, 0.5) is 5.69 Å². The maximum atomic E-state index is 13.1. The number of aromatic nitrogens is 4. The average Bonchev–Trinajstić information content (AvgIpc) is 3.31. The van der Waals surface area contributed by atoms with Crippen LogP contribution in [-0.4, -0.2) is 37.9 Å². The first-order chi connectivity index (χ1) is 17.0. The van der Waals surface area contributed by atoms with Crippen LogP contribution >= 0.6 is 0 Å². The Morgan fingerprint density at radius 1 is 1.00 bits per heavy atom. The van der Waals surface area contributed by atoms with Gasteiger partial charge in [0.05, 0.1) is 23.6 Å². The maximum absolute atomic E-state index is 13.1. The number of anilines is 1. The summed E-state index contributed by atoms with van der Waals surface area (Å²) in [5, 5.41) is 13.4. The Morgan fingerprint density at radius 3 is 2.63 bits per heavy atom. The Balaban J connectivity index is 1.43. The van der Waals surface area contributed by atoms with Crippen molar-refractivity contribution in [2.75, 3.05) is 11.9 Å². The monoisotopic (exact) mass is 467 g/mol. The van der Waals surface area contributed by atoms with Gasteiger partial charge in [-0.1, -0.05) is 54.6 Å². The molecule has 0 bridgehead atoms. The highest BCUT2D eigenvalue weighted by Gasteiger charge is 2.16. The summed E-state index contributed by atoms with van der Waals surface area (Å²) in [4.78, 5) is 37.9. The number of benzene rings is 3. The van der Waals surface area contributed by atoms with Gasteiger partial charge in [0.2, 0.25) is 5.91 Å². The van der Waals surface area contributed by atoms with Crippen LogP contribution in [0.3, 0.4) is 0 Å². The predicted octanol–water partition coefficient (Wildman–Crippen LogP) is 3.53. The molecule has 0 fully saturated rings. The van der Waals surface area contributed by atoms with Crippen molar-refractivity contribution in [3.63, 3.8) is 0 Å². The molecule has 35 heavy (non-hydrogen) atoms. The van der Waals surface area contributed by atoms with Gasteiger partial charge in [-0.15, -0.1) is 0 Å². The van der Waals surface area contributed by atoms with Crippen molar-refractivity contribution in [1.29, 1.82) is 0 Å². The van der Waals surface area contributed by atoms with Gasteiger partial charge in [-0.2, -0.15) is 10.2 Å². The van der Waals surface area contributed by atoms with E-state index in [0.29, 0.717) is 16.9 Å². The number of rotatable bonds is 6. The van der Waals surface area contributed by atoms with Crippen molar-refractivity contribution in [2.24, 2.45) is 0 Å². The van der Waals surface area contributed by atoms with E-state index in [1.807, 2.05) is 42.5 Å². The second-order valence-electron chi connectivity index (χ2n) is 7.79. The summed E-state index contributed by atoms with van der Waals surface area (Å²) in [6.07, 6.45) is 1.39. The summed E-state index contributed by atoms with van der Waals surface area (Å²) in [6, 6.07) is 22.1. The second kappa shape index (κ2) is 9.22. The second-order valence-corrected chi connectivity index (χ2v) is 7.79. The Kier molecular flexibility index (Phi) is 5.80. The van der Waals surface area contributed by atoms with Gasteiger partial charge in [-0.3, -0.25) is 9.59 Å². The molecule has 0 unspecified atom stereocenters. The van der Waals surface area contributed by atoms with Crippen molar-refractivity contribution < 1.29 is 14.3 Å². The molecule has 0 saturated heterocycles. The molecule has 0 spiro atoms. The van der Waals surface area contributed by atoms with Crippen LogP contribution in [0.1, 0.15) is 17.3 Å². The van der Waals surface area contributed by atoms with E-state index < -0.39 is 17.4 Å². The van der Waals surface area contributed by atoms with Crippen molar-refractivity contribution in [3.8, 4) is 11.3 Å². The van der Waals surface area contributed by atoms with Crippen LogP contribution in [0.15, 0.2) is 83.9 Å². The van der Waals surface area contributed by atoms with Crippen LogP contribution in [0.5, 0.6) is 0 Å². The quantitative estimate of drug-likeness (QED) is 0.383. The maximum Gasteiger partial charge on any atom is 0.340 e. The third kappa shape index (κ3) is 4.26. The zero-order valence-corrected chi connectivity index (χ0v) is 18.8. The summed E-state index contributed by atoms with van der Waals surface area (Å²) < 4.78 is 7.50. The van der Waals surface area contributed by atoms with Crippen LogP contribution in [-0.2, 0) is 16.1 Å². The van der Waals surface area contributed by atoms with Crippen LogP contribution in [0.2, 0.25) is 0 Å². The van der Waals surface area contributed by atoms with Gasteiger partial charge in [-0.25, -0.2) is 14.0 Å². The lowest BCUT2D eigenvalue weighted by molar-refractivity contribution is -0.117. The predicted molar refractivity (Wildman–Crippen MR) is 131 cm³/mol. The zero-order chi connectivity index (χ0) is 24.4. The van der Waals surface area contributed by atoms with Gasteiger partial charge in [0, 0.05) is 5.56 Å². The number of para-hydroxylation sites is 1. The third-order valence-corrected chi connectivity index (χ3v) is 5.55. The standard InChI is InChI=1S/C26H21N5O4/c1-2-35-26(34)20-11-5-6-13-21(20)28-24(32)15-30-25(33)23-14-22(29-31(23)16-27-30)19-12-7-9-17-8-3-4-10-18(17)19/h3-14,16H,2,15H2,1H3,(H,28,32). The first-order valence-electron chi connectivity index (χ1n) is 11.0. The summed E-state index contributed by atoms with van der Waals surface area (Å²) in [5.74, 6) is -1.05. The normalized spacial score (nSPS) is 11.0. The molecule has 9 nitrogen and oxygen atoms in total. The van der Waals surface area contributed by atoms with E-state index in [4.69, 9.17) is 4.74 Å². The lowest BCUT2D eigenvalue weighted by Gasteiger charge is -2.10. The van der Waals surface area contributed by atoms with Crippen molar-refractivity contribution in [1.82, 2.24) is 19.4 Å². The molecule has 3 aromatic carbocycles. The minimum Gasteiger partial charge on any atom is -0.462 e. The molecule has 0 radical (unpaired) electrons. The number of ether oxygens (including phenoxy) is 1. The summed E-state index contributed by atoms with van der Waals surface area (Å²) in [6.45, 7) is 1.59. The lowest BCUT2D eigenvalue weighted by Crippen LogP contribution is -2.31. The number of hydrogen-bond donors (Lipinski definition) is 1. The fourth-order valence-corrected chi connectivity index (χ4v) is 3.94. The lowest BCUT2D eigenvalue weighted by atomic mass is 10.0. The van der Waals surface area contributed by atoms with Crippen LogP contribution < -0.4 is 10.9 Å². The SMILES string of the molecule is CCOC(=O)c1ccccc1NC(=O)Cn1ncn2nc(-c3cccc4ccccc34)cc2c1=O. The molecule has 2 aromatic heterocycles. The van der Waals surface area contributed by atoms with Crippen LogP contribution in [0, 0.1) is 0 Å². The number of fused-ring (bicyclic) bond motifs is 2. The number of hydrogen-bond acceptors (Lipinski definition) is 6. The summed E-state index contributed by atoms with van der Waals surface area (Å²) in [5.41, 5.74) is 1.89. The topological polar surface area (TPSA) is 108 Å². The largest absolute Gasteiger partial charge is 0.462 e. The molecule has 0 saturated carbocycles. The molecular formula is C26H21N5O4. The van der Waals surface area contributed by atoms with Gasteiger partial charge >= 0.3 is 5.97 Å². The molecule has 0 aliphatic heterocycles. The minimum atomic E-state index is -0.541. The molecule has 1 N–H and O–H groups in total. The fraction of sp³-hybridized carbons (Fsp3) is 0.115. The third-order valence-electron chi connectivity index (χ3n) is 5.55. The molecule has 0 aliphatic rings. The first kappa shape index (κ1) is 22.0. The Labute approximate surface area is 199 Å². The van der Waals surface area contributed by atoms with E-state index in [1.54, 1.807) is 37.3 Å². The molecule has 1 amide bonds. The molecule has 5 rings (SSSR count). The highest BCUT2D eigenvalue weighted by Crippen LogP contribution is 2.27. The molecule has 0 atom stereocenters. The van der Waals surface area contributed by atoms with Gasteiger partial charge in [0.1, 0.15) is 18.4 Å². The first-order valence-corrected chi connectivity index (χ1v) is 11.0. The van der Waals surface area contributed by atoms with E-state index in [-0.39, 0.29) is 18.7 Å². The molecule has 2 heterocycles. The fourth-order valence-electron chi connectivity index (χ4n) is 3.94. The average molecular weight is 467 g/mol. The van der Waals surface area contributed by atoms with E-state index in [1.165, 1.54) is 10.8 Å². The van der Waals surface area contributed by atoms with E-state index in [2.05, 4.69) is 15.5 Å². The van der Waals surface area contributed by atoms with Crippen molar-refractivity contribution >= 4 is 33.9 Å². The Morgan fingerprint density at radius 2 is 1.77 bits per heavy atom. The number of nitrogens with one attached hydrogen (secondary N) is 1. The van der Waals surface area contributed by atoms with E-state index in [0.717, 1.165) is 21.0 Å². The minimum absolute atomic E-state index is 0.215. The van der Waals surface area contributed by atoms with Gasteiger partial charge in [-0.05, 0) is 35.9 Å². The van der Waals surface area contributed by atoms with E-state index in [9.17, 15) is 14.4 Å².